The van der Waals surface area contributed by atoms with Gasteiger partial charge < -0.3 is 15.5 Å². The minimum atomic E-state index is -0.459. The van der Waals surface area contributed by atoms with Crippen molar-refractivity contribution in [2.45, 2.75) is 38.1 Å². The maximum absolute atomic E-state index is 12.8. The summed E-state index contributed by atoms with van der Waals surface area (Å²) in [6.07, 6.45) is 7.29. The standard InChI is InChI=1S/C16H25N5O2.ClH/c1-16(17)6-4-3-5-13(16)15(23)20-7-8-21(14(22)11-20)12-9-18-19(2)10-12;/h9-10,13H,3-8,11,17H2,1-2H3;1H. The molecule has 2 fully saturated rings. The number of rotatable bonds is 2. The Balaban J connectivity index is 0.00000208. The van der Waals surface area contributed by atoms with Crippen molar-refractivity contribution in [3.8, 4) is 0 Å². The van der Waals surface area contributed by atoms with Crippen LogP contribution in [0.1, 0.15) is 32.6 Å². The van der Waals surface area contributed by atoms with E-state index in [4.69, 9.17) is 5.73 Å². The third-order valence-electron chi connectivity index (χ3n) is 5.09. The fourth-order valence-corrected chi connectivity index (χ4v) is 3.67. The van der Waals surface area contributed by atoms with Crippen LogP contribution in [0.25, 0.3) is 0 Å². The minimum Gasteiger partial charge on any atom is -0.331 e. The molecule has 1 saturated heterocycles. The molecule has 2 amide bonds. The summed E-state index contributed by atoms with van der Waals surface area (Å²) in [7, 11) is 1.82. The third-order valence-corrected chi connectivity index (χ3v) is 5.09. The Bertz CT molecular complexity index is 615. The lowest BCUT2D eigenvalue weighted by molar-refractivity contribution is -0.143. The summed E-state index contributed by atoms with van der Waals surface area (Å²) < 4.78 is 1.67. The zero-order chi connectivity index (χ0) is 16.6. The van der Waals surface area contributed by atoms with Crippen LogP contribution in [0.15, 0.2) is 12.4 Å². The number of piperazine rings is 1. The number of aryl methyl sites for hydroxylation is 1. The SMILES string of the molecule is Cl.Cn1cc(N2CCN(C(=O)C3CCCCC3(C)N)CC2=O)cn1. The molecule has 1 aliphatic carbocycles. The number of hydrogen-bond donors (Lipinski definition) is 1. The summed E-state index contributed by atoms with van der Waals surface area (Å²) in [5.74, 6) is -0.199. The number of carbonyl (C=O) groups is 2. The molecule has 1 saturated carbocycles. The van der Waals surface area contributed by atoms with Crippen molar-refractivity contribution in [3.05, 3.63) is 12.4 Å². The van der Waals surface area contributed by atoms with Crippen molar-refractivity contribution in [2.75, 3.05) is 24.5 Å². The molecule has 0 radical (unpaired) electrons. The van der Waals surface area contributed by atoms with E-state index in [2.05, 4.69) is 5.10 Å². The Morgan fingerprint density at radius 2 is 2.12 bits per heavy atom. The van der Waals surface area contributed by atoms with Gasteiger partial charge in [-0.05, 0) is 19.8 Å². The quantitative estimate of drug-likeness (QED) is 0.855. The zero-order valence-corrected chi connectivity index (χ0v) is 15.1. The van der Waals surface area contributed by atoms with E-state index in [0.29, 0.717) is 13.1 Å². The van der Waals surface area contributed by atoms with Gasteiger partial charge in [0.15, 0.2) is 0 Å². The molecular formula is C16H26ClN5O2. The molecule has 8 heteroatoms. The van der Waals surface area contributed by atoms with Gasteiger partial charge in [-0.3, -0.25) is 14.3 Å². The Hall–Kier alpha value is -1.60. The van der Waals surface area contributed by atoms with Crippen LogP contribution in [0.5, 0.6) is 0 Å². The summed E-state index contributed by atoms with van der Waals surface area (Å²) in [6.45, 7) is 3.14. The molecule has 2 N–H and O–H groups in total. The van der Waals surface area contributed by atoms with Crippen LogP contribution in [0, 0.1) is 5.92 Å². The van der Waals surface area contributed by atoms with Crippen LogP contribution in [0.4, 0.5) is 5.69 Å². The summed E-state index contributed by atoms with van der Waals surface area (Å²) in [5.41, 5.74) is 6.66. The largest absolute Gasteiger partial charge is 0.331 e. The lowest BCUT2D eigenvalue weighted by Crippen LogP contribution is -2.58. The Morgan fingerprint density at radius 1 is 1.38 bits per heavy atom. The first kappa shape index (κ1) is 18.7. The van der Waals surface area contributed by atoms with E-state index >= 15 is 0 Å². The summed E-state index contributed by atoms with van der Waals surface area (Å²) in [4.78, 5) is 28.6. The molecule has 1 aromatic heterocycles. The van der Waals surface area contributed by atoms with Crippen molar-refractivity contribution in [1.29, 1.82) is 0 Å². The molecule has 134 valence electrons. The van der Waals surface area contributed by atoms with Gasteiger partial charge in [0.2, 0.25) is 11.8 Å². The van der Waals surface area contributed by atoms with E-state index in [-0.39, 0.29) is 36.7 Å². The smallest absolute Gasteiger partial charge is 0.246 e. The van der Waals surface area contributed by atoms with Gasteiger partial charge in [0.25, 0.3) is 0 Å². The van der Waals surface area contributed by atoms with Crippen LogP contribution >= 0.6 is 12.4 Å². The van der Waals surface area contributed by atoms with Crippen LogP contribution < -0.4 is 10.6 Å². The second-order valence-electron chi connectivity index (χ2n) is 6.98. The second kappa shape index (κ2) is 7.11. The molecule has 0 spiro atoms. The zero-order valence-electron chi connectivity index (χ0n) is 14.3. The van der Waals surface area contributed by atoms with Crippen LogP contribution in [0.2, 0.25) is 0 Å². The minimum absolute atomic E-state index is 0. The summed E-state index contributed by atoms with van der Waals surface area (Å²) >= 11 is 0. The maximum Gasteiger partial charge on any atom is 0.246 e. The molecule has 3 rings (SSSR count). The number of nitrogens with two attached hydrogens (primary N) is 1. The number of amides is 2. The third kappa shape index (κ3) is 3.57. The topological polar surface area (TPSA) is 84.5 Å². The second-order valence-corrected chi connectivity index (χ2v) is 6.98. The highest BCUT2D eigenvalue weighted by atomic mass is 35.5. The number of nitrogens with zero attached hydrogens (tertiary/aromatic N) is 4. The average molecular weight is 356 g/mol. The highest BCUT2D eigenvalue weighted by Gasteiger charge is 2.41. The fraction of sp³-hybridized carbons (Fsp3) is 0.688. The first-order chi connectivity index (χ1) is 10.9. The van der Waals surface area contributed by atoms with E-state index < -0.39 is 5.54 Å². The van der Waals surface area contributed by atoms with E-state index in [1.165, 1.54) is 0 Å². The Labute approximate surface area is 148 Å². The van der Waals surface area contributed by atoms with Gasteiger partial charge in [-0.2, -0.15) is 5.10 Å². The molecule has 2 heterocycles. The van der Waals surface area contributed by atoms with Crippen LogP contribution in [-0.4, -0.2) is 51.7 Å². The normalized spacial score (nSPS) is 27.8. The van der Waals surface area contributed by atoms with Crippen molar-refractivity contribution >= 4 is 29.9 Å². The molecule has 1 aliphatic heterocycles. The van der Waals surface area contributed by atoms with Gasteiger partial charge in [0.05, 0.1) is 17.8 Å². The van der Waals surface area contributed by atoms with E-state index in [1.54, 1.807) is 20.7 Å². The van der Waals surface area contributed by atoms with Crippen LogP contribution in [-0.2, 0) is 16.6 Å². The number of aromatic nitrogens is 2. The number of halogens is 1. The first-order valence-corrected chi connectivity index (χ1v) is 8.25. The monoisotopic (exact) mass is 355 g/mol. The predicted octanol–water partition coefficient (Wildman–Crippen LogP) is 0.925. The summed E-state index contributed by atoms with van der Waals surface area (Å²) in [6, 6.07) is 0. The molecular weight excluding hydrogens is 330 g/mol. The summed E-state index contributed by atoms with van der Waals surface area (Å²) in [5, 5.41) is 4.10. The van der Waals surface area contributed by atoms with Gasteiger partial charge in [-0.25, -0.2) is 0 Å². The Morgan fingerprint density at radius 3 is 2.71 bits per heavy atom. The molecule has 24 heavy (non-hydrogen) atoms. The predicted molar refractivity (Wildman–Crippen MR) is 93.9 cm³/mol. The number of anilines is 1. The highest BCUT2D eigenvalue weighted by molar-refractivity contribution is 5.98. The lowest BCUT2D eigenvalue weighted by atomic mass is 9.74. The molecule has 0 bridgehead atoms. The van der Waals surface area contributed by atoms with Gasteiger partial charge in [0.1, 0.15) is 6.54 Å². The van der Waals surface area contributed by atoms with Gasteiger partial charge in [-0.1, -0.05) is 12.8 Å². The van der Waals surface area contributed by atoms with Crippen molar-refractivity contribution < 1.29 is 9.59 Å². The van der Waals surface area contributed by atoms with Crippen molar-refractivity contribution in [2.24, 2.45) is 18.7 Å². The molecule has 2 unspecified atom stereocenters. The van der Waals surface area contributed by atoms with Gasteiger partial charge in [-0.15, -0.1) is 12.4 Å². The highest BCUT2D eigenvalue weighted by Crippen LogP contribution is 2.33. The molecule has 2 aliphatic rings. The van der Waals surface area contributed by atoms with Gasteiger partial charge in [0, 0.05) is 31.9 Å². The average Bonchev–Trinajstić information content (AvgIpc) is 2.92. The first-order valence-electron chi connectivity index (χ1n) is 8.25. The lowest BCUT2D eigenvalue weighted by Gasteiger charge is -2.42. The molecule has 2 atom stereocenters. The Kier molecular flexibility index (Phi) is 5.55. The van der Waals surface area contributed by atoms with Gasteiger partial charge >= 0.3 is 0 Å². The molecule has 0 aromatic carbocycles. The van der Waals surface area contributed by atoms with E-state index in [0.717, 1.165) is 31.4 Å². The van der Waals surface area contributed by atoms with Crippen molar-refractivity contribution in [1.82, 2.24) is 14.7 Å². The number of carbonyl (C=O) groups excluding carboxylic acids is 2. The fourth-order valence-electron chi connectivity index (χ4n) is 3.67. The van der Waals surface area contributed by atoms with Crippen molar-refractivity contribution in [3.63, 3.8) is 0 Å². The van der Waals surface area contributed by atoms with Crippen LogP contribution in [0.3, 0.4) is 0 Å². The maximum atomic E-state index is 12.8. The number of hydrogen-bond acceptors (Lipinski definition) is 4. The van der Waals surface area contributed by atoms with E-state index in [1.807, 2.05) is 20.2 Å². The molecule has 7 nitrogen and oxygen atoms in total. The molecule has 1 aromatic rings. The van der Waals surface area contributed by atoms with E-state index in [9.17, 15) is 9.59 Å².